The van der Waals surface area contributed by atoms with Gasteiger partial charge >= 0.3 is 0 Å². The summed E-state index contributed by atoms with van der Waals surface area (Å²) in [6.45, 7) is 3.59. The fourth-order valence-electron chi connectivity index (χ4n) is 2.42. The second kappa shape index (κ2) is 5.51. The molecule has 1 aliphatic rings. The Kier molecular flexibility index (Phi) is 5.22. The molecule has 0 spiro atoms. The molecular formula is C10H22BrClSi2. The molecular weight excluding hydrogens is 292 g/mol. The molecule has 1 heterocycles. The summed E-state index contributed by atoms with van der Waals surface area (Å²) in [5, 5.41) is 0. The van der Waals surface area contributed by atoms with Crippen molar-refractivity contribution in [1.29, 1.82) is 0 Å². The van der Waals surface area contributed by atoms with Crippen molar-refractivity contribution >= 4 is 40.4 Å². The number of hydrogen-bond acceptors (Lipinski definition) is 0. The van der Waals surface area contributed by atoms with Gasteiger partial charge in [0.2, 0.25) is 0 Å². The van der Waals surface area contributed by atoms with Crippen LogP contribution >= 0.6 is 26.4 Å². The van der Waals surface area contributed by atoms with Gasteiger partial charge < -0.3 is 0 Å². The Morgan fingerprint density at radius 1 is 1.07 bits per heavy atom. The summed E-state index contributed by atoms with van der Waals surface area (Å²) in [5.74, 6) is 0. The minimum atomic E-state index is -1.22. The van der Waals surface area contributed by atoms with Crippen LogP contribution < -0.4 is 0 Å². The lowest BCUT2D eigenvalue weighted by atomic mass is 10.4. The van der Waals surface area contributed by atoms with E-state index in [2.05, 4.69) is 29.1 Å². The molecule has 0 radical (unpaired) electrons. The van der Waals surface area contributed by atoms with Crippen LogP contribution in [-0.2, 0) is 0 Å². The predicted octanol–water partition coefficient (Wildman–Crippen LogP) is 5.20. The molecule has 0 aliphatic carbocycles. The maximum absolute atomic E-state index is 6.69. The van der Waals surface area contributed by atoms with Crippen molar-refractivity contribution in [2.24, 2.45) is 0 Å². The molecule has 0 aromatic carbocycles. The Morgan fingerprint density at radius 2 is 1.57 bits per heavy atom. The summed E-state index contributed by atoms with van der Waals surface area (Å²) in [6.07, 6.45) is 5.42. The van der Waals surface area contributed by atoms with Crippen LogP contribution in [0.25, 0.3) is 0 Å². The summed E-state index contributed by atoms with van der Waals surface area (Å²) in [4.78, 5) is 0. The fraction of sp³-hybridized carbons (Fsp3) is 1.00. The van der Waals surface area contributed by atoms with E-state index in [4.69, 9.17) is 11.1 Å². The standard InChI is InChI=1S/C10H22BrClSi2/c1-3-5-7-13(11)9-14(12,10-13)8-6-4-2/h3-10H2,1-2H3. The highest BCUT2D eigenvalue weighted by Gasteiger charge is 2.54. The van der Waals surface area contributed by atoms with Crippen LogP contribution in [0.3, 0.4) is 0 Å². The van der Waals surface area contributed by atoms with E-state index in [0.717, 1.165) is 0 Å². The van der Waals surface area contributed by atoms with Crippen molar-refractivity contribution in [3.63, 3.8) is 0 Å². The molecule has 0 aromatic heterocycles. The quantitative estimate of drug-likeness (QED) is 0.467. The van der Waals surface area contributed by atoms with E-state index in [9.17, 15) is 0 Å². The lowest BCUT2D eigenvalue weighted by molar-refractivity contribution is 0.855. The van der Waals surface area contributed by atoms with Gasteiger partial charge in [0.25, 0.3) is 0 Å². The first-order valence-corrected chi connectivity index (χ1v) is 14.4. The van der Waals surface area contributed by atoms with Crippen molar-refractivity contribution in [3.05, 3.63) is 0 Å². The zero-order valence-corrected chi connectivity index (χ0v) is 13.8. The van der Waals surface area contributed by atoms with Gasteiger partial charge in [-0.05, 0) is 23.4 Å². The zero-order chi connectivity index (χ0) is 10.7. The Bertz CT molecular complexity index is 163. The number of rotatable bonds is 6. The van der Waals surface area contributed by atoms with Gasteiger partial charge in [0.05, 0.1) is 0 Å². The largest absolute Gasteiger partial charge is 0.168 e. The van der Waals surface area contributed by atoms with Gasteiger partial charge in [-0.25, -0.2) is 0 Å². The van der Waals surface area contributed by atoms with Crippen LogP contribution in [0.15, 0.2) is 0 Å². The van der Waals surface area contributed by atoms with E-state index < -0.39 is 14.1 Å². The average molecular weight is 314 g/mol. The highest BCUT2D eigenvalue weighted by molar-refractivity contribution is 9.26. The Labute approximate surface area is 103 Å². The minimum absolute atomic E-state index is 0.961. The van der Waals surface area contributed by atoms with Crippen molar-refractivity contribution in [2.45, 2.75) is 63.0 Å². The van der Waals surface area contributed by atoms with Crippen molar-refractivity contribution in [3.8, 4) is 0 Å². The van der Waals surface area contributed by atoms with Gasteiger partial charge in [-0.3, -0.25) is 0 Å². The zero-order valence-electron chi connectivity index (χ0n) is 9.41. The summed E-state index contributed by atoms with van der Waals surface area (Å²) < 4.78 is 0. The maximum atomic E-state index is 6.69. The predicted molar refractivity (Wildman–Crippen MR) is 75.3 cm³/mol. The van der Waals surface area contributed by atoms with Crippen LogP contribution in [0.5, 0.6) is 0 Å². The first-order valence-electron chi connectivity index (χ1n) is 5.91. The van der Waals surface area contributed by atoms with Crippen molar-refractivity contribution in [2.75, 3.05) is 0 Å². The molecule has 1 rings (SSSR count). The maximum Gasteiger partial charge on any atom is 0.153 e. The molecule has 0 nitrogen and oxygen atoms in total. The summed E-state index contributed by atoms with van der Waals surface area (Å²) in [6, 6.07) is 2.84. The second-order valence-electron chi connectivity index (χ2n) is 4.86. The third-order valence-corrected chi connectivity index (χ3v) is 25.1. The molecule has 0 saturated carbocycles. The van der Waals surface area contributed by atoms with Gasteiger partial charge in [0.15, 0.2) is 7.38 Å². The van der Waals surface area contributed by atoms with Gasteiger partial charge in [0, 0.05) is 0 Å². The van der Waals surface area contributed by atoms with Gasteiger partial charge in [0.1, 0.15) is 6.69 Å². The molecule has 0 bridgehead atoms. The molecule has 14 heavy (non-hydrogen) atoms. The Balaban J connectivity index is 2.25. The molecule has 0 amide bonds. The van der Waals surface area contributed by atoms with Crippen molar-refractivity contribution < 1.29 is 0 Å². The summed E-state index contributed by atoms with van der Waals surface area (Å²) in [5.41, 5.74) is 2.89. The van der Waals surface area contributed by atoms with Crippen LogP contribution in [0, 0.1) is 0 Å². The third kappa shape index (κ3) is 3.65. The fourth-order valence-corrected chi connectivity index (χ4v) is 34.3. The molecule has 0 atom stereocenters. The lowest BCUT2D eigenvalue weighted by Crippen LogP contribution is -2.55. The van der Waals surface area contributed by atoms with Gasteiger partial charge in [-0.1, -0.05) is 39.5 Å². The smallest absolute Gasteiger partial charge is 0.153 e. The van der Waals surface area contributed by atoms with E-state index in [0.29, 0.717) is 0 Å². The first kappa shape index (κ1) is 13.3. The monoisotopic (exact) mass is 312 g/mol. The molecule has 0 unspecified atom stereocenters. The van der Waals surface area contributed by atoms with E-state index in [1.54, 1.807) is 0 Å². The summed E-state index contributed by atoms with van der Waals surface area (Å²) >= 11 is 10.7. The average Bonchev–Trinajstić information content (AvgIpc) is 2.09. The molecule has 84 valence electrons. The minimum Gasteiger partial charge on any atom is -0.168 e. The molecule has 1 saturated heterocycles. The van der Waals surface area contributed by atoms with E-state index in [1.165, 1.54) is 49.1 Å². The molecule has 1 fully saturated rings. The van der Waals surface area contributed by atoms with Crippen LogP contribution in [0.4, 0.5) is 0 Å². The molecule has 4 heteroatoms. The lowest BCUT2D eigenvalue weighted by Gasteiger charge is -2.46. The number of unbranched alkanes of at least 4 members (excludes halogenated alkanes) is 2. The highest BCUT2D eigenvalue weighted by atomic mass is 79.9. The molecule has 0 aromatic rings. The van der Waals surface area contributed by atoms with Crippen LogP contribution in [0.1, 0.15) is 39.5 Å². The van der Waals surface area contributed by atoms with Crippen LogP contribution in [-0.4, -0.2) is 14.1 Å². The highest BCUT2D eigenvalue weighted by Crippen LogP contribution is 2.52. The Morgan fingerprint density at radius 3 is 2.07 bits per heavy atom. The first-order chi connectivity index (χ1) is 6.54. The van der Waals surface area contributed by atoms with Crippen LogP contribution in [0.2, 0.25) is 23.4 Å². The van der Waals surface area contributed by atoms with E-state index in [-0.39, 0.29) is 0 Å². The third-order valence-electron chi connectivity index (χ3n) is 3.22. The number of hydrogen-bond donors (Lipinski definition) is 0. The normalized spacial score (nSPS) is 36.9. The Hall–Kier alpha value is 1.20. The van der Waals surface area contributed by atoms with Gasteiger partial charge in [-0.2, -0.15) is 11.1 Å². The topological polar surface area (TPSA) is 0 Å². The molecule has 0 N–H and O–H groups in total. The van der Waals surface area contributed by atoms with E-state index in [1.807, 2.05) is 0 Å². The summed E-state index contributed by atoms with van der Waals surface area (Å²) in [7, 11) is -1.22. The van der Waals surface area contributed by atoms with Gasteiger partial charge in [-0.15, -0.1) is 15.3 Å². The van der Waals surface area contributed by atoms with E-state index >= 15 is 0 Å². The SMILES string of the molecule is CCCC[Si]1(Cl)C[Si](Br)(CCCC)C1. The number of halogens is 2. The molecule has 1 aliphatic heterocycles. The second-order valence-corrected chi connectivity index (χ2v) is 20.7. The van der Waals surface area contributed by atoms with Crippen molar-refractivity contribution in [1.82, 2.24) is 0 Å².